The van der Waals surface area contributed by atoms with E-state index >= 15 is 0 Å². The predicted octanol–water partition coefficient (Wildman–Crippen LogP) is 2.09. The Bertz CT molecular complexity index is 352. The predicted molar refractivity (Wildman–Crippen MR) is 71.8 cm³/mol. The molecule has 1 rings (SSSR count). The van der Waals surface area contributed by atoms with Crippen LogP contribution in [-0.2, 0) is 9.47 Å². The summed E-state index contributed by atoms with van der Waals surface area (Å²) in [4.78, 5) is 11.8. The molecule has 90 valence electrons. The van der Waals surface area contributed by atoms with Crippen molar-refractivity contribution in [2.75, 3.05) is 14.2 Å². The number of amides is 1. The van der Waals surface area contributed by atoms with Gasteiger partial charge in [0, 0.05) is 19.6 Å². The summed E-state index contributed by atoms with van der Waals surface area (Å²) < 4.78 is 11.2. The van der Waals surface area contributed by atoms with Crippen molar-refractivity contribution in [2.24, 2.45) is 0 Å². The van der Waals surface area contributed by atoms with Crippen LogP contribution in [0.1, 0.15) is 17.3 Å². The third-order valence-corrected chi connectivity index (χ3v) is 3.85. The van der Waals surface area contributed by atoms with Crippen LogP contribution in [0.5, 0.6) is 0 Å². The number of nitrogens with one attached hydrogen (secondary N) is 1. The first-order valence-electron chi connectivity index (χ1n) is 4.69. The quantitative estimate of drug-likeness (QED) is 0.650. The van der Waals surface area contributed by atoms with Gasteiger partial charge in [-0.25, -0.2) is 0 Å². The molecular weight excluding hydrogens is 341 g/mol. The summed E-state index contributed by atoms with van der Waals surface area (Å²) in [5, 5.41) is 4.66. The number of carbonyl (C=O) groups is 1. The van der Waals surface area contributed by atoms with E-state index in [0.717, 1.165) is 2.88 Å². The van der Waals surface area contributed by atoms with Crippen molar-refractivity contribution in [3.8, 4) is 0 Å². The van der Waals surface area contributed by atoms with Gasteiger partial charge >= 0.3 is 0 Å². The minimum absolute atomic E-state index is 0.106. The lowest BCUT2D eigenvalue weighted by atomic mass is 10.2. The van der Waals surface area contributed by atoms with Gasteiger partial charge in [-0.2, -0.15) is 0 Å². The molecule has 6 heteroatoms. The average molecular weight is 355 g/mol. The van der Waals surface area contributed by atoms with Crippen molar-refractivity contribution in [2.45, 2.75) is 19.3 Å². The van der Waals surface area contributed by atoms with E-state index in [1.165, 1.54) is 0 Å². The zero-order chi connectivity index (χ0) is 12.1. The van der Waals surface area contributed by atoms with Gasteiger partial charge in [0.15, 0.2) is 6.29 Å². The zero-order valence-corrected chi connectivity index (χ0v) is 12.3. The summed E-state index contributed by atoms with van der Waals surface area (Å²) in [6.07, 6.45) is -0.429. The Hall–Kier alpha value is -0.180. The van der Waals surface area contributed by atoms with Crippen molar-refractivity contribution >= 4 is 39.8 Å². The van der Waals surface area contributed by atoms with Crippen LogP contribution in [0.4, 0.5) is 0 Å². The maximum Gasteiger partial charge on any atom is 0.252 e. The van der Waals surface area contributed by atoms with Crippen molar-refractivity contribution in [1.82, 2.24) is 5.32 Å². The molecule has 4 nitrogen and oxygen atoms in total. The molecule has 1 aromatic rings. The molecule has 0 saturated heterocycles. The highest BCUT2D eigenvalue weighted by atomic mass is 127. The molecule has 0 radical (unpaired) electrons. The van der Waals surface area contributed by atoms with E-state index in [4.69, 9.17) is 9.47 Å². The van der Waals surface area contributed by atoms with Crippen molar-refractivity contribution in [3.63, 3.8) is 0 Å². The molecule has 1 amide bonds. The lowest BCUT2D eigenvalue weighted by Crippen LogP contribution is -2.42. The van der Waals surface area contributed by atoms with Crippen molar-refractivity contribution in [1.29, 1.82) is 0 Å². The first-order chi connectivity index (χ1) is 7.58. The van der Waals surface area contributed by atoms with E-state index in [1.54, 1.807) is 25.6 Å². The van der Waals surface area contributed by atoms with E-state index in [2.05, 4.69) is 27.9 Å². The van der Waals surface area contributed by atoms with Gasteiger partial charge in [-0.15, -0.1) is 11.3 Å². The first-order valence-corrected chi connectivity index (χ1v) is 6.64. The molecule has 1 unspecified atom stereocenters. The van der Waals surface area contributed by atoms with E-state index in [0.29, 0.717) is 5.56 Å². The number of hydrogen-bond donors (Lipinski definition) is 1. The molecule has 0 aromatic carbocycles. The Labute approximate surface area is 112 Å². The second kappa shape index (κ2) is 6.53. The molecule has 1 atom stereocenters. The molecule has 1 aromatic heterocycles. The molecule has 1 N–H and O–H groups in total. The van der Waals surface area contributed by atoms with E-state index in [1.807, 2.05) is 18.4 Å². The van der Waals surface area contributed by atoms with Crippen LogP contribution in [-0.4, -0.2) is 32.5 Å². The number of thiophene rings is 1. The van der Waals surface area contributed by atoms with Gasteiger partial charge in [0.2, 0.25) is 0 Å². The minimum atomic E-state index is -0.429. The highest BCUT2D eigenvalue weighted by Crippen LogP contribution is 2.16. The van der Waals surface area contributed by atoms with Crippen LogP contribution in [0.15, 0.2) is 11.4 Å². The lowest BCUT2D eigenvalue weighted by Gasteiger charge is -2.21. The average Bonchev–Trinajstić information content (AvgIpc) is 2.66. The Balaban J connectivity index is 2.57. The van der Waals surface area contributed by atoms with E-state index < -0.39 is 6.29 Å². The first kappa shape index (κ1) is 13.9. The van der Waals surface area contributed by atoms with Crippen molar-refractivity contribution < 1.29 is 14.3 Å². The van der Waals surface area contributed by atoms with Crippen LogP contribution in [0.25, 0.3) is 0 Å². The monoisotopic (exact) mass is 355 g/mol. The van der Waals surface area contributed by atoms with Crippen LogP contribution >= 0.6 is 33.9 Å². The number of rotatable bonds is 5. The minimum Gasteiger partial charge on any atom is -0.354 e. The van der Waals surface area contributed by atoms with Gasteiger partial charge < -0.3 is 14.8 Å². The smallest absolute Gasteiger partial charge is 0.252 e. The molecule has 0 fully saturated rings. The fraction of sp³-hybridized carbons (Fsp3) is 0.500. The summed E-state index contributed by atoms with van der Waals surface area (Å²) in [7, 11) is 3.09. The van der Waals surface area contributed by atoms with Crippen molar-refractivity contribution in [3.05, 3.63) is 19.9 Å². The normalized spacial score (nSPS) is 12.8. The molecule has 0 bridgehead atoms. The molecule has 1 heterocycles. The van der Waals surface area contributed by atoms with E-state index in [9.17, 15) is 4.79 Å². The largest absolute Gasteiger partial charge is 0.354 e. The topological polar surface area (TPSA) is 47.6 Å². The highest BCUT2D eigenvalue weighted by Gasteiger charge is 2.19. The third-order valence-electron chi connectivity index (χ3n) is 2.06. The third kappa shape index (κ3) is 3.69. The Morgan fingerprint density at radius 2 is 2.12 bits per heavy atom. The van der Waals surface area contributed by atoms with Crippen LogP contribution in [0.3, 0.4) is 0 Å². The molecular formula is C10H14INO3S. The van der Waals surface area contributed by atoms with Crippen LogP contribution in [0.2, 0.25) is 0 Å². The highest BCUT2D eigenvalue weighted by molar-refractivity contribution is 14.1. The molecule has 0 aliphatic carbocycles. The number of hydrogen-bond acceptors (Lipinski definition) is 4. The van der Waals surface area contributed by atoms with Gasteiger partial charge in [-0.05, 0) is 35.6 Å². The van der Waals surface area contributed by atoms with E-state index in [-0.39, 0.29) is 11.9 Å². The number of carbonyl (C=O) groups excluding carboxylic acids is 1. The molecule has 0 saturated carbocycles. The van der Waals surface area contributed by atoms with Gasteiger partial charge in [0.1, 0.15) is 0 Å². The molecule has 16 heavy (non-hydrogen) atoms. The lowest BCUT2D eigenvalue weighted by molar-refractivity contribution is -0.117. The Kier molecular flexibility index (Phi) is 5.67. The van der Waals surface area contributed by atoms with Gasteiger partial charge in [0.25, 0.3) is 5.91 Å². The zero-order valence-electron chi connectivity index (χ0n) is 9.32. The second-order valence-corrected chi connectivity index (χ2v) is 6.05. The summed E-state index contributed by atoms with van der Waals surface area (Å²) in [5.41, 5.74) is 0.673. The standard InChI is InChI=1S/C10H14INO3S/c1-6(10(14-2)15-3)12-9(13)7-4-8(11)16-5-7/h4-6,10H,1-3H3,(H,12,13). The summed E-state index contributed by atoms with van der Waals surface area (Å²) in [5.74, 6) is -0.106. The van der Waals surface area contributed by atoms with Crippen LogP contribution < -0.4 is 5.32 Å². The fourth-order valence-corrected chi connectivity index (χ4v) is 2.62. The maximum absolute atomic E-state index is 11.8. The Morgan fingerprint density at radius 3 is 2.56 bits per heavy atom. The summed E-state index contributed by atoms with van der Waals surface area (Å²) >= 11 is 3.73. The maximum atomic E-state index is 11.8. The number of ether oxygens (including phenoxy) is 2. The van der Waals surface area contributed by atoms with Gasteiger partial charge in [0.05, 0.1) is 14.5 Å². The summed E-state index contributed by atoms with van der Waals surface area (Å²) in [6, 6.07) is 1.65. The number of methoxy groups -OCH3 is 2. The molecule has 0 aliphatic rings. The second-order valence-electron chi connectivity index (χ2n) is 3.24. The molecule has 0 aliphatic heterocycles. The van der Waals surface area contributed by atoms with Crippen LogP contribution in [0, 0.1) is 2.88 Å². The SMILES string of the molecule is COC(OC)C(C)NC(=O)c1csc(I)c1. The van der Waals surface area contributed by atoms with Gasteiger partial charge in [-0.1, -0.05) is 0 Å². The van der Waals surface area contributed by atoms with Gasteiger partial charge in [-0.3, -0.25) is 4.79 Å². The fourth-order valence-electron chi connectivity index (χ4n) is 1.29. The number of halogens is 1. The molecule has 0 spiro atoms. The summed E-state index contributed by atoms with van der Waals surface area (Å²) in [6.45, 7) is 1.84. The Morgan fingerprint density at radius 1 is 1.50 bits per heavy atom.